The maximum atomic E-state index is 14.2. The maximum absolute atomic E-state index is 14.2. The largest absolute Gasteiger partial charge is 0.492 e. The molecule has 6 heteroatoms. The highest BCUT2D eigenvalue weighted by molar-refractivity contribution is 5.67. The fourth-order valence-corrected chi connectivity index (χ4v) is 4.52. The van der Waals surface area contributed by atoms with Crippen molar-refractivity contribution in [3.63, 3.8) is 0 Å². The van der Waals surface area contributed by atoms with Crippen molar-refractivity contribution in [3.8, 4) is 11.5 Å². The standard InChI is InChI=1S/C24H28FNO4/c1-2-17-4-3-5-22(25)21(17)15-29-20-7-6-18-11-19(14-30-23(18)12-20)26-9-8-16(13-26)10-24(27)28/h3-7,12,16,19H,2,8-11,13-15H2,1H3,(H,27,28). The van der Waals surface area contributed by atoms with Gasteiger partial charge in [-0.1, -0.05) is 25.1 Å². The Balaban J connectivity index is 1.37. The van der Waals surface area contributed by atoms with Crippen LogP contribution in [0.25, 0.3) is 0 Å². The van der Waals surface area contributed by atoms with Gasteiger partial charge in [0.2, 0.25) is 0 Å². The van der Waals surface area contributed by atoms with Crippen molar-refractivity contribution >= 4 is 5.97 Å². The molecule has 1 fully saturated rings. The molecular formula is C24H28FNO4. The van der Waals surface area contributed by atoms with Crippen LogP contribution in [-0.2, 0) is 24.2 Å². The Morgan fingerprint density at radius 1 is 1.33 bits per heavy atom. The summed E-state index contributed by atoms with van der Waals surface area (Å²) in [7, 11) is 0. The zero-order chi connectivity index (χ0) is 21.1. The molecule has 0 radical (unpaired) electrons. The van der Waals surface area contributed by atoms with E-state index in [0.717, 1.165) is 49.2 Å². The fourth-order valence-electron chi connectivity index (χ4n) is 4.52. The van der Waals surface area contributed by atoms with Crippen molar-refractivity contribution < 1.29 is 23.8 Å². The van der Waals surface area contributed by atoms with E-state index in [9.17, 15) is 9.18 Å². The lowest BCUT2D eigenvalue weighted by molar-refractivity contribution is -0.138. The molecule has 160 valence electrons. The molecule has 0 aliphatic carbocycles. The molecular weight excluding hydrogens is 385 g/mol. The van der Waals surface area contributed by atoms with Crippen LogP contribution in [0.2, 0.25) is 0 Å². The molecule has 2 aromatic carbocycles. The van der Waals surface area contributed by atoms with Gasteiger partial charge in [0, 0.05) is 30.6 Å². The van der Waals surface area contributed by atoms with Crippen LogP contribution in [0.3, 0.4) is 0 Å². The van der Waals surface area contributed by atoms with Crippen molar-refractivity contribution in [2.24, 2.45) is 5.92 Å². The third kappa shape index (κ3) is 4.59. The van der Waals surface area contributed by atoms with E-state index in [0.29, 0.717) is 17.9 Å². The van der Waals surface area contributed by atoms with Crippen LogP contribution in [0, 0.1) is 11.7 Å². The maximum Gasteiger partial charge on any atom is 0.303 e. The van der Waals surface area contributed by atoms with Gasteiger partial charge in [0.15, 0.2) is 0 Å². The van der Waals surface area contributed by atoms with Gasteiger partial charge in [-0.2, -0.15) is 0 Å². The second-order valence-corrected chi connectivity index (χ2v) is 8.21. The number of carboxylic acid groups (broad SMARTS) is 1. The average Bonchev–Trinajstić information content (AvgIpc) is 3.20. The molecule has 2 aliphatic heterocycles. The van der Waals surface area contributed by atoms with Gasteiger partial charge in [-0.3, -0.25) is 9.69 Å². The minimum absolute atomic E-state index is 0.190. The monoisotopic (exact) mass is 413 g/mol. The van der Waals surface area contributed by atoms with Crippen molar-refractivity contribution in [1.82, 2.24) is 4.90 Å². The number of benzene rings is 2. The second kappa shape index (κ2) is 9.04. The molecule has 5 nitrogen and oxygen atoms in total. The average molecular weight is 413 g/mol. The third-order valence-corrected chi connectivity index (χ3v) is 6.20. The Kier molecular flexibility index (Phi) is 6.23. The first-order valence-corrected chi connectivity index (χ1v) is 10.6. The van der Waals surface area contributed by atoms with Crippen LogP contribution in [0.1, 0.15) is 36.5 Å². The molecule has 2 aliphatic rings. The SMILES string of the molecule is CCc1cccc(F)c1COc1ccc2c(c1)OCC(N1CCC(CC(=O)O)C1)C2. The van der Waals surface area contributed by atoms with Crippen molar-refractivity contribution in [1.29, 1.82) is 0 Å². The van der Waals surface area contributed by atoms with Crippen LogP contribution in [0.4, 0.5) is 4.39 Å². The number of carboxylic acids is 1. The van der Waals surface area contributed by atoms with Gasteiger partial charge in [0.25, 0.3) is 0 Å². The molecule has 2 atom stereocenters. The number of hydrogen-bond donors (Lipinski definition) is 1. The number of likely N-dealkylation sites (tertiary alicyclic amines) is 1. The van der Waals surface area contributed by atoms with E-state index in [4.69, 9.17) is 14.6 Å². The smallest absolute Gasteiger partial charge is 0.303 e. The molecule has 2 aromatic rings. The van der Waals surface area contributed by atoms with Gasteiger partial charge in [0.05, 0.1) is 0 Å². The highest BCUT2D eigenvalue weighted by atomic mass is 19.1. The summed E-state index contributed by atoms with van der Waals surface area (Å²) >= 11 is 0. The Hall–Kier alpha value is -2.60. The Morgan fingerprint density at radius 3 is 3.00 bits per heavy atom. The zero-order valence-corrected chi connectivity index (χ0v) is 17.3. The summed E-state index contributed by atoms with van der Waals surface area (Å²) in [5.74, 6) is 0.750. The quantitative estimate of drug-likeness (QED) is 0.742. The van der Waals surface area contributed by atoms with Gasteiger partial charge < -0.3 is 14.6 Å². The zero-order valence-electron chi connectivity index (χ0n) is 17.3. The summed E-state index contributed by atoms with van der Waals surface area (Å²) in [4.78, 5) is 13.3. The molecule has 0 aromatic heterocycles. The molecule has 1 saturated heterocycles. The Bertz CT molecular complexity index is 916. The number of halogens is 1. The first-order valence-electron chi connectivity index (χ1n) is 10.6. The summed E-state index contributed by atoms with van der Waals surface area (Å²) < 4.78 is 26.0. The van der Waals surface area contributed by atoms with Crippen LogP contribution < -0.4 is 9.47 Å². The van der Waals surface area contributed by atoms with E-state index in [1.807, 2.05) is 31.2 Å². The van der Waals surface area contributed by atoms with Gasteiger partial charge in [-0.05, 0) is 55.0 Å². The number of fused-ring (bicyclic) bond motifs is 1. The van der Waals surface area contributed by atoms with E-state index in [2.05, 4.69) is 4.90 Å². The highest BCUT2D eigenvalue weighted by Crippen LogP contribution is 2.33. The molecule has 4 rings (SSSR count). The molecule has 2 unspecified atom stereocenters. The van der Waals surface area contributed by atoms with E-state index in [1.54, 1.807) is 6.07 Å². The highest BCUT2D eigenvalue weighted by Gasteiger charge is 2.32. The fraction of sp³-hybridized carbons (Fsp3) is 0.458. The lowest BCUT2D eigenvalue weighted by Gasteiger charge is -2.32. The summed E-state index contributed by atoms with van der Waals surface area (Å²) in [6.07, 6.45) is 2.80. The number of aliphatic carboxylic acids is 1. The van der Waals surface area contributed by atoms with Gasteiger partial charge in [-0.15, -0.1) is 0 Å². The Labute approximate surface area is 176 Å². The molecule has 0 saturated carbocycles. The lowest BCUT2D eigenvalue weighted by atomic mass is 10.0. The number of rotatable bonds is 7. The van der Waals surface area contributed by atoms with Crippen molar-refractivity contribution in [2.75, 3.05) is 19.7 Å². The number of ether oxygens (including phenoxy) is 2. The lowest BCUT2D eigenvalue weighted by Crippen LogP contribution is -2.41. The molecule has 0 bridgehead atoms. The van der Waals surface area contributed by atoms with Crippen LogP contribution >= 0.6 is 0 Å². The minimum Gasteiger partial charge on any atom is -0.492 e. The number of hydrogen-bond acceptors (Lipinski definition) is 4. The summed E-state index contributed by atoms with van der Waals surface area (Å²) in [5, 5.41) is 9.01. The Morgan fingerprint density at radius 2 is 2.20 bits per heavy atom. The normalized spacial score (nSPS) is 21.1. The van der Waals surface area contributed by atoms with Crippen molar-refractivity contribution in [2.45, 2.75) is 45.3 Å². The number of aryl methyl sites for hydroxylation is 1. The van der Waals surface area contributed by atoms with Gasteiger partial charge in [0.1, 0.15) is 30.5 Å². The number of carbonyl (C=O) groups is 1. The van der Waals surface area contributed by atoms with Crippen molar-refractivity contribution in [3.05, 3.63) is 58.9 Å². The summed E-state index contributed by atoms with van der Waals surface area (Å²) in [6, 6.07) is 11.2. The molecule has 0 spiro atoms. The predicted molar refractivity (Wildman–Crippen MR) is 111 cm³/mol. The van der Waals surface area contributed by atoms with E-state index in [1.165, 1.54) is 6.07 Å². The van der Waals surface area contributed by atoms with E-state index < -0.39 is 5.97 Å². The van der Waals surface area contributed by atoms with Crippen LogP contribution in [0.15, 0.2) is 36.4 Å². The van der Waals surface area contributed by atoms with E-state index in [-0.39, 0.29) is 30.8 Å². The topological polar surface area (TPSA) is 59.0 Å². The molecule has 2 heterocycles. The predicted octanol–water partition coefficient (Wildman–Crippen LogP) is 4.07. The minimum atomic E-state index is -0.721. The first kappa shape index (κ1) is 20.7. The summed E-state index contributed by atoms with van der Waals surface area (Å²) in [5.41, 5.74) is 2.68. The third-order valence-electron chi connectivity index (χ3n) is 6.20. The van der Waals surface area contributed by atoms with E-state index >= 15 is 0 Å². The van der Waals surface area contributed by atoms with Crippen LogP contribution in [-0.4, -0.2) is 41.7 Å². The first-order chi connectivity index (χ1) is 14.5. The van der Waals surface area contributed by atoms with Crippen LogP contribution in [0.5, 0.6) is 11.5 Å². The molecule has 30 heavy (non-hydrogen) atoms. The summed E-state index contributed by atoms with van der Waals surface area (Å²) in [6.45, 7) is 4.52. The number of nitrogens with zero attached hydrogens (tertiary/aromatic N) is 1. The second-order valence-electron chi connectivity index (χ2n) is 8.21. The molecule has 0 amide bonds. The van der Waals surface area contributed by atoms with Gasteiger partial charge in [-0.25, -0.2) is 4.39 Å². The molecule has 1 N–H and O–H groups in total. The van der Waals surface area contributed by atoms with Gasteiger partial charge >= 0.3 is 5.97 Å².